The second-order valence-corrected chi connectivity index (χ2v) is 12.2. The van der Waals surface area contributed by atoms with Crippen molar-refractivity contribution in [3.05, 3.63) is 71.5 Å². The maximum atomic E-state index is 13.9. The molecule has 0 radical (unpaired) electrons. The van der Waals surface area contributed by atoms with Crippen molar-refractivity contribution in [3.63, 3.8) is 0 Å². The number of hydrogen-bond donors (Lipinski definition) is 2. The molecular weight excluding hydrogens is 447 g/mol. The minimum Gasteiger partial charge on any atom is -0.357 e. The first kappa shape index (κ1) is 23.7. The molecule has 1 saturated carbocycles. The Labute approximate surface area is 213 Å². The predicted molar refractivity (Wildman–Crippen MR) is 147 cm³/mol. The number of likely N-dealkylation sites (tertiary alicyclic amines) is 1. The van der Waals surface area contributed by atoms with Gasteiger partial charge in [0.25, 0.3) is 0 Å². The molecule has 1 unspecified atom stereocenters. The zero-order chi connectivity index (χ0) is 24.9. The Hall–Kier alpha value is -2.63. The van der Waals surface area contributed by atoms with Gasteiger partial charge < -0.3 is 9.97 Å². The number of aromatic amines is 2. The third kappa shape index (κ3) is 4.71. The number of aromatic nitrogens is 2. The molecule has 2 N–H and O–H groups in total. The molecule has 2 aromatic heterocycles. The predicted octanol–water partition coefficient (Wildman–Crippen LogP) is 6.82. The van der Waals surface area contributed by atoms with E-state index in [-0.39, 0.29) is 0 Å². The van der Waals surface area contributed by atoms with Crippen molar-refractivity contribution in [2.45, 2.75) is 71.3 Å². The van der Waals surface area contributed by atoms with E-state index in [0.29, 0.717) is 12.6 Å². The van der Waals surface area contributed by atoms with Crippen LogP contribution in [-0.2, 0) is 19.5 Å². The van der Waals surface area contributed by atoms with Crippen LogP contribution in [0.15, 0.2) is 54.6 Å². The molecule has 4 heterocycles. The van der Waals surface area contributed by atoms with Crippen LogP contribution in [0, 0.1) is 5.41 Å². The monoisotopic (exact) mass is 486 g/mol. The Balaban J connectivity index is 0.000000134. The van der Waals surface area contributed by atoms with Crippen molar-refractivity contribution in [2.24, 2.45) is 5.41 Å². The number of alkyl halides is 1. The number of fused-ring (bicyclic) bond motifs is 4. The fourth-order valence-corrected chi connectivity index (χ4v) is 6.57. The van der Waals surface area contributed by atoms with Gasteiger partial charge in [-0.25, -0.2) is 4.39 Å². The summed E-state index contributed by atoms with van der Waals surface area (Å²) in [6.07, 6.45) is 5.39. The van der Waals surface area contributed by atoms with Crippen molar-refractivity contribution in [1.29, 1.82) is 0 Å². The normalized spacial score (nSPS) is 21.6. The Bertz CT molecular complexity index is 1310. The quantitative estimate of drug-likeness (QED) is 0.332. The summed E-state index contributed by atoms with van der Waals surface area (Å²) in [5, 5.41) is 2.66. The molecule has 2 fully saturated rings. The van der Waals surface area contributed by atoms with Crippen LogP contribution >= 0.6 is 0 Å². The molecule has 3 aliphatic rings. The molecule has 2 aliphatic heterocycles. The molecule has 0 bridgehead atoms. The summed E-state index contributed by atoms with van der Waals surface area (Å²) in [6, 6.07) is 19.6. The third-order valence-electron chi connectivity index (χ3n) is 8.48. The van der Waals surface area contributed by atoms with Gasteiger partial charge in [0.05, 0.1) is 0 Å². The van der Waals surface area contributed by atoms with E-state index in [1.807, 2.05) is 0 Å². The Morgan fingerprint density at radius 1 is 1.00 bits per heavy atom. The molecule has 36 heavy (non-hydrogen) atoms. The third-order valence-corrected chi connectivity index (χ3v) is 8.48. The lowest BCUT2D eigenvalue weighted by molar-refractivity contribution is -0.0649. The molecule has 7 rings (SSSR count). The number of hydrogen-bond acceptors (Lipinski definition) is 2. The van der Waals surface area contributed by atoms with Gasteiger partial charge in [0.1, 0.15) is 5.67 Å². The van der Waals surface area contributed by atoms with E-state index >= 15 is 0 Å². The number of para-hydroxylation sites is 2. The topological polar surface area (TPSA) is 38.1 Å². The van der Waals surface area contributed by atoms with E-state index in [1.54, 1.807) is 13.8 Å². The summed E-state index contributed by atoms with van der Waals surface area (Å²) in [6.45, 7) is 10.5. The lowest BCUT2D eigenvalue weighted by Gasteiger charge is -2.56. The molecule has 4 nitrogen and oxygen atoms in total. The van der Waals surface area contributed by atoms with Crippen molar-refractivity contribution >= 4 is 21.8 Å². The average Bonchev–Trinajstić information content (AvgIpc) is 3.35. The Morgan fingerprint density at radius 3 is 2.42 bits per heavy atom. The van der Waals surface area contributed by atoms with E-state index in [1.165, 1.54) is 71.1 Å². The number of nitrogens with one attached hydrogen (secondary N) is 2. The fraction of sp³-hybridized carbons (Fsp3) is 0.484. The molecule has 4 aromatic rings. The van der Waals surface area contributed by atoms with Crippen molar-refractivity contribution in [3.8, 4) is 0 Å². The van der Waals surface area contributed by atoms with Gasteiger partial charge in [0, 0.05) is 66.6 Å². The largest absolute Gasteiger partial charge is 0.357 e. The van der Waals surface area contributed by atoms with E-state index < -0.39 is 5.67 Å². The van der Waals surface area contributed by atoms with Crippen molar-refractivity contribution in [2.75, 3.05) is 19.6 Å². The number of rotatable bonds is 4. The maximum Gasteiger partial charge on any atom is 0.118 e. The summed E-state index contributed by atoms with van der Waals surface area (Å²) in [7, 11) is 0. The first-order chi connectivity index (χ1) is 17.3. The first-order valence-corrected chi connectivity index (χ1v) is 13.6. The number of halogens is 1. The zero-order valence-corrected chi connectivity index (χ0v) is 21.9. The highest BCUT2D eigenvalue weighted by Gasteiger charge is 2.46. The molecule has 1 atom stereocenters. The minimum absolute atomic E-state index is 0.390. The number of benzene rings is 2. The molecule has 0 amide bonds. The summed E-state index contributed by atoms with van der Waals surface area (Å²) < 4.78 is 13.9. The van der Waals surface area contributed by atoms with Gasteiger partial charge in [0.2, 0.25) is 0 Å². The highest BCUT2D eigenvalue weighted by molar-refractivity contribution is 5.85. The van der Waals surface area contributed by atoms with E-state index in [2.05, 4.69) is 81.3 Å². The molecule has 1 saturated heterocycles. The van der Waals surface area contributed by atoms with Crippen molar-refractivity contribution in [1.82, 2.24) is 19.8 Å². The van der Waals surface area contributed by atoms with Gasteiger partial charge in [-0.3, -0.25) is 9.80 Å². The lowest BCUT2D eigenvalue weighted by Crippen LogP contribution is -2.58. The molecule has 5 heteroatoms. The van der Waals surface area contributed by atoms with E-state index in [9.17, 15) is 4.39 Å². The van der Waals surface area contributed by atoms with Crippen LogP contribution in [-0.4, -0.2) is 51.1 Å². The highest BCUT2D eigenvalue weighted by Crippen LogP contribution is 2.48. The summed E-state index contributed by atoms with van der Waals surface area (Å²) >= 11 is 0. The lowest BCUT2D eigenvalue weighted by atomic mass is 9.63. The Kier molecular flexibility index (Phi) is 5.96. The molecule has 1 aliphatic carbocycles. The van der Waals surface area contributed by atoms with Crippen LogP contribution in [0.4, 0.5) is 4.39 Å². The van der Waals surface area contributed by atoms with Gasteiger partial charge in [-0.15, -0.1) is 0 Å². The molecule has 1 spiro atoms. The van der Waals surface area contributed by atoms with Crippen LogP contribution in [0.5, 0.6) is 0 Å². The van der Waals surface area contributed by atoms with Gasteiger partial charge in [-0.1, -0.05) is 42.8 Å². The maximum absolute atomic E-state index is 13.9. The van der Waals surface area contributed by atoms with Crippen LogP contribution in [0.2, 0.25) is 0 Å². The van der Waals surface area contributed by atoms with Crippen LogP contribution in [0.3, 0.4) is 0 Å². The highest BCUT2D eigenvalue weighted by atomic mass is 19.1. The SMILES string of the molecule is CC1Cc2c([nH]c3ccccc23)CN1CC(C)(C)F.c1ccc2[nH]c(CN3CC4(CCC4)C3)cc2c1. The zero-order valence-electron chi connectivity index (χ0n) is 21.9. The van der Waals surface area contributed by atoms with E-state index in [4.69, 9.17) is 0 Å². The van der Waals surface area contributed by atoms with E-state index in [0.717, 1.165) is 24.9 Å². The first-order valence-electron chi connectivity index (χ1n) is 13.6. The summed E-state index contributed by atoms with van der Waals surface area (Å²) in [4.78, 5) is 11.8. The van der Waals surface area contributed by atoms with Gasteiger partial charge >= 0.3 is 0 Å². The van der Waals surface area contributed by atoms with Crippen LogP contribution in [0.25, 0.3) is 21.8 Å². The smallest absolute Gasteiger partial charge is 0.118 e. The molecular formula is C31H39FN4. The Morgan fingerprint density at radius 2 is 1.72 bits per heavy atom. The van der Waals surface area contributed by atoms with Gasteiger partial charge in [-0.05, 0) is 74.6 Å². The number of nitrogens with zero attached hydrogens (tertiary/aromatic N) is 2. The molecule has 190 valence electrons. The summed E-state index contributed by atoms with van der Waals surface area (Å²) in [5.74, 6) is 0. The second-order valence-electron chi connectivity index (χ2n) is 12.2. The van der Waals surface area contributed by atoms with Crippen molar-refractivity contribution < 1.29 is 4.39 Å². The summed E-state index contributed by atoms with van der Waals surface area (Å²) in [5.41, 5.74) is 6.09. The molecule has 2 aromatic carbocycles. The van der Waals surface area contributed by atoms with Crippen LogP contribution in [0.1, 0.15) is 57.0 Å². The fourth-order valence-electron chi connectivity index (χ4n) is 6.57. The van der Waals surface area contributed by atoms with Gasteiger partial charge in [-0.2, -0.15) is 0 Å². The number of H-pyrrole nitrogens is 2. The standard InChI is InChI=1S/C16H21FN2.C15H18N2/c1-11-8-13-12-6-4-5-7-14(12)18-15(13)9-19(11)10-16(2,3)17;1-2-5-14-12(4-1)8-13(16-14)9-17-10-15(11-17)6-3-7-15/h4-7,11,18H,8-10H2,1-3H3;1-2,4-5,8,16H,3,6-7,9-11H2. The van der Waals surface area contributed by atoms with Crippen LogP contribution < -0.4 is 0 Å². The second kappa shape index (κ2) is 9.04. The van der Waals surface area contributed by atoms with Gasteiger partial charge in [0.15, 0.2) is 0 Å². The average molecular weight is 487 g/mol. The minimum atomic E-state index is -1.14.